The van der Waals surface area contributed by atoms with Gasteiger partial charge in [-0.15, -0.1) is 0 Å². The number of carboxylic acid groups (broad SMARTS) is 1. The normalized spacial score (nSPS) is 26.6. The zero-order valence-corrected chi connectivity index (χ0v) is 10.5. The third-order valence-electron chi connectivity index (χ3n) is 3.44. The lowest BCUT2D eigenvalue weighted by atomic mass is 9.86. The first kappa shape index (κ1) is 14.0. The topological polar surface area (TPSA) is 92.4 Å². The van der Waals surface area contributed by atoms with E-state index >= 15 is 0 Å². The van der Waals surface area contributed by atoms with Crippen LogP contribution in [0.4, 0.5) is 0 Å². The van der Waals surface area contributed by atoms with Crippen LogP contribution in [0.5, 0.6) is 0 Å². The standard InChI is InChI=1S/C12H22N2O3/c1-7(2)10(13)11(15)14-9-5-3-8(4-6-9)12(16)17/h7-10H,3-6,13H2,1-2H3,(H,14,15)(H,16,17). The zero-order valence-electron chi connectivity index (χ0n) is 10.5. The number of rotatable bonds is 4. The minimum Gasteiger partial charge on any atom is -0.481 e. The highest BCUT2D eigenvalue weighted by Gasteiger charge is 2.28. The number of carbonyl (C=O) groups is 2. The summed E-state index contributed by atoms with van der Waals surface area (Å²) in [7, 11) is 0. The number of nitrogens with two attached hydrogens (primary N) is 1. The molecule has 0 spiro atoms. The van der Waals surface area contributed by atoms with Gasteiger partial charge in [0, 0.05) is 6.04 Å². The molecule has 0 aromatic carbocycles. The monoisotopic (exact) mass is 242 g/mol. The lowest BCUT2D eigenvalue weighted by Crippen LogP contribution is -2.48. The van der Waals surface area contributed by atoms with Crippen LogP contribution in [0.1, 0.15) is 39.5 Å². The summed E-state index contributed by atoms with van der Waals surface area (Å²) in [5, 5.41) is 11.8. The van der Waals surface area contributed by atoms with Crippen LogP contribution in [0, 0.1) is 11.8 Å². The van der Waals surface area contributed by atoms with E-state index in [-0.39, 0.29) is 23.8 Å². The minimum absolute atomic E-state index is 0.0860. The molecule has 0 aromatic heterocycles. The van der Waals surface area contributed by atoms with Crippen LogP contribution in [0.2, 0.25) is 0 Å². The number of hydrogen-bond acceptors (Lipinski definition) is 3. The average Bonchev–Trinajstić information content (AvgIpc) is 2.28. The molecule has 5 heteroatoms. The maximum absolute atomic E-state index is 11.7. The molecule has 1 unspecified atom stereocenters. The van der Waals surface area contributed by atoms with Crippen molar-refractivity contribution in [1.29, 1.82) is 0 Å². The van der Waals surface area contributed by atoms with Crippen LogP contribution in [-0.2, 0) is 9.59 Å². The Kier molecular flexibility index (Phi) is 4.93. The van der Waals surface area contributed by atoms with Gasteiger partial charge in [0.2, 0.25) is 5.91 Å². The molecule has 1 amide bonds. The molecule has 17 heavy (non-hydrogen) atoms. The second-order valence-corrected chi connectivity index (χ2v) is 5.17. The van der Waals surface area contributed by atoms with Crippen molar-refractivity contribution in [2.75, 3.05) is 0 Å². The fraction of sp³-hybridized carbons (Fsp3) is 0.833. The Hall–Kier alpha value is -1.10. The van der Waals surface area contributed by atoms with Crippen LogP contribution < -0.4 is 11.1 Å². The molecule has 4 N–H and O–H groups in total. The predicted octanol–water partition coefficient (Wildman–Crippen LogP) is 0.729. The lowest BCUT2D eigenvalue weighted by molar-refractivity contribution is -0.142. The fourth-order valence-electron chi connectivity index (χ4n) is 2.08. The molecule has 0 bridgehead atoms. The van der Waals surface area contributed by atoms with E-state index in [4.69, 9.17) is 10.8 Å². The summed E-state index contributed by atoms with van der Waals surface area (Å²) in [6.45, 7) is 3.82. The quantitative estimate of drug-likeness (QED) is 0.677. The van der Waals surface area contributed by atoms with Gasteiger partial charge in [-0.3, -0.25) is 9.59 Å². The van der Waals surface area contributed by atoms with Gasteiger partial charge in [0.05, 0.1) is 12.0 Å². The molecule has 0 radical (unpaired) electrons. The molecule has 98 valence electrons. The molecule has 0 aliphatic heterocycles. The van der Waals surface area contributed by atoms with Crippen LogP contribution in [0.25, 0.3) is 0 Å². The van der Waals surface area contributed by atoms with Crippen molar-refractivity contribution in [3.63, 3.8) is 0 Å². The summed E-state index contributed by atoms with van der Waals surface area (Å²) in [5.74, 6) is -0.986. The Morgan fingerprint density at radius 2 is 1.76 bits per heavy atom. The molecular weight excluding hydrogens is 220 g/mol. The molecule has 1 atom stereocenters. The summed E-state index contributed by atoms with van der Waals surface area (Å²) >= 11 is 0. The van der Waals surface area contributed by atoms with Gasteiger partial charge in [-0.2, -0.15) is 0 Å². The smallest absolute Gasteiger partial charge is 0.306 e. The van der Waals surface area contributed by atoms with E-state index < -0.39 is 12.0 Å². The summed E-state index contributed by atoms with van der Waals surface area (Å²) < 4.78 is 0. The maximum atomic E-state index is 11.7. The van der Waals surface area contributed by atoms with Crippen LogP contribution in [0.15, 0.2) is 0 Å². The lowest BCUT2D eigenvalue weighted by Gasteiger charge is -2.28. The van der Waals surface area contributed by atoms with E-state index in [1.54, 1.807) is 0 Å². The van der Waals surface area contributed by atoms with E-state index in [0.717, 1.165) is 12.8 Å². The third-order valence-corrected chi connectivity index (χ3v) is 3.44. The first-order valence-electron chi connectivity index (χ1n) is 6.20. The average molecular weight is 242 g/mol. The van der Waals surface area contributed by atoms with E-state index in [1.807, 2.05) is 13.8 Å². The highest BCUT2D eigenvalue weighted by Crippen LogP contribution is 2.24. The van der Waals surface area contributed by atoms with Crippen molar-refractivity contribution < 1.29 is 14.7 Å². The minimum atomic E-state index is -0.728. The Bertz CT molecular complexity index is 283. The molecule has 0 heterocycles. The predicted molar refractivity (Wildman–Crippen MR) is 64.3 cm³/mol. The van der Waals surface area contributed by atoms with Crippen molar-refractivity contribution in [2.24, 2.45) is 17.6 Å². The van der Waals surface area contributed by atoms with Gasteiger partial charge >= 0.3 is 5.97 Å². The third kappa shape index (κ3) is 4.00. The molecule has 1 aliphatic rings. The molecule has 1 fully saturated rings. The Morgan fingerprint density at radius 1 is 1.24 bits per heavy atom. The fourth-order valence-corrected chi connectivity index (χ4v) is 2.08. The number of amides is 1. The number of aliphatic carboxylic acids is 1. The van der Waals surface area contributed by atoms with E-state index in [0.29, 0.717) is 12.8 Å². The summed E-state index contributed by atoms with van der Waals surface area (Å²) in [6.07, 6.45) is 2.73. The van der Waals surface area contributed by atoms with Gasteiger partial charge in [0.1, 0.15) is 0 Å². The SMILES string of the molecule is CC(C)C(N)C(=O)NC1CCC(C(=O)O)CC1. The van der Waals surface area contributed by atoms with Crippen molar-refractivity contribution in [2.45, 2.75) is 51.6 Å². The molecule has 1 aliphatic carbocycles. The number of carboxylic acids is 1. The molecule has 5 nitrogen and oxygen atoms in total. The molecule has 1 saturated carbocycles. The van der Waals surface area contributed by atoms with E-state index in [1.165, 1.54) is 0 Å². The van der Waals surface area contributed by atoms with Crippen molar-refractivity contribution in [3.05, 3.63) is 0 Å². The molecule has 1 rings (SSSR count). The summed E-state index contributed by atoms with van der Waals surface area (Å²) in [6, 6.07) is -0.393. The van der Waals surface area contributed by atoms with Crippen molar-refractivity contribution in [1.82, 2.24) is 5.32 Å². The first-order valence-corrected chi connectivity index (χ1v) is 6.20. The van der Waals surface area contributed by atoms with Gasteiger partial charge in [0.15, 0.2) is 0 Å². The molecule has 0 saturated heterocycles. The summed E-state index contributed by atoms with van der Waals surface area (Å²) in [5.41, 5.74) is 5.75. The molecular formula is C12H22N2O3. The van der Waals surface area contributed by atoms with E-state index in [2.05, 4.69) is 5.32 Å². The van der Waals surface area contributed by atoms with E-state index in [9.17, 15) is 9.59 Å². The second-order valence-electron chi connectivity index (χ2n) is 5.17. The molecule has 0 aromatic rings. The highest BCUT2D eigenvalue weighted by molar-refractivity contribution is 5.82. The maximum Gasteiger partial charge on any atom is 0.306 e. The first-order chi connectivity index (χ1) is 7.91. The summed E-state index contributed by atoms with van der Waals surface area (Å²) in [4.78, 5) is 22.5. The largest absolute Gasteiger partial charge is 0.481 e. The number of carbonyl (C=O) groups excluding carboxylic acids is 1. The highest BCUT2D eigenvalue weighted by atomic mass is 16.4. The number of nitrogens with one attached hydrogen (secondary N) is 1. The van der Waals surface area contributed by atoms with Crippen molar-refractivity contribution >= 4 is 11.9 Å². The van der Waals surface area contributed by atoms with Gasteiger partial charge in [-0.1, -0.05) is 13.8 Å². The van der Waals surface area contributed by atoms with Gasteiger partial charge < -0.3 is 16.2 Å². The van der Waals surface area contributed by atoms with Crippen LogP contribution in [0.3, 0.4) is 0 Å². The van der Waals surface area contributed by atoms with Gasteiger partial charge in [-0.25, -0.2) is 0 Å². The van der Waals surface area contributed by atoms with Crippen molar-refractivity contribution in [3.8, 4) is 0 Å². The van der Waals surface area contributed by atoms with Gasteiger partial charge in [-0.05, 0) is 31.6 Å². The van der Waals surface area contributed by atoms with Gasteiger partial charge in [0.25, 0.3) is 0 Å². The Balaban J connectivity index is 2.35. The Labute approximate surface area is 102 Å². The zero-order chi connectivity index (χ0) is 13.0. The second kappa shape index (κ2) is 6.00. The van der Waals surface area contributed by atoms with Crippen LogP contribution >= 0.6 is 0 Å². The number of hydrogen-bond donors (Lipinski definition) is 3. The Morgan fingerprint density at radius 3 is 2.18 bits per heavy atom. The van der Waals surface area contributed by atoms with Crippen LogP contribution in [-0.4, -0.2) is 29.1 Å².